The minimum absolute atomic E-state index is 0.284. The Labute approximate surface area is 151 Å². The third kappa shape index (κ3) is 4.03. The number of hydrogen-bond acceptors (Lipinski definition) is 3. The average molecular weight is 356 g/mol. The molecule has 25 heavy (non-hydrogen) atoms. The minimum Gasteiger partial charge on any atom is -0.495 e. The van der Waals surface area contributed by atoms with E-state index in [1.54, 1.807) is 25.1 Å². The Bertz CT molecular complexity index is 910. The Morgan fingerprint density at radius 2 is 1.80 bits per heavy atom. The van der Waals surface area contributed by atoms with E-state index in [1.165, 1.54) is 7.11 Å². The summed E-state index contributed by atoms with van der Waals surface area (Å²) in [7, 11) is 1.54. The molecular weight excluding hydrogens is 338 g/mol. The summed E-state index contributed by atoms with van der Waals surface area (Å²) < 4.78 is 11.0. The third-order valence-corrected chi connectivity index (χ3v) is 4.06. The van der Waals surface area contributed by atoms with Crippen molar-refractivity contribution < 1.29 is 14.3 Å². The Morgan fingerprint density at radius 3 is 2.56 bits per heavy atom. The molecule has 0 heterocycles. The zero-order valence-corrected chi connectivity index (χ0v) is 14.7. The number of benzene rings is 3. The van der Waals surface area contributed by atoms with E-state index in [2.05, 4.69) is 5.32 Å². The number of rotatable bonds is 5. The fourth-order valence-electron chi connectivity index (χ4n) is 2.51. The number of hydrogen-bond donors (Lipinski definition) is 1. The summed E-state index contributed by atoms with van der Waals surface area (Å²) >= 11 is 5.98. The van der Waals surface area contributed by atoms with Crippen LogP contribution in [0.1, 0.15) is 6.92 Å². The number of methoxy groups -OCH3 is 1. The lowest BCUT2D eigenvalue weighted by molar-refractivity contribution is -0.122. The molecule has 3 aromatic carbocycles. The molecule has 0 aromatic heterocycles. The summed E-state index contributed by atoms with van der Waals surface area (Å²) in [4.78, 5) is 12.4. The molecule has 4 nitrogen and oxygen atoms in total. The zero-order chi connectivity index (χ0) is 17.8. The summed E-state index contributed by atoms with van der Waals surface area (Å²) in [6.45, 7) is 1.70. The molecule has 1 atom stereocenters. The summed E-state index contributed by atoms with van der Waals surface area (Å²) in [5.74, 6) is 0.892. The van der Waals surface area contributed by atoms with Gasteiger partial charge < -0.3 is 14.8 Å². The van der Waals surface area contributed by atoms with Gasteiger partial charge in [-0.3, -0.25) is 4.79 Å². The average Bonchev–Trinajstić information content (AvgIpc) is 2.61. The number of nitrogens with one attached hydrogen (secondary N) is 1. The number of carbonyl (C=O) groups is 1. The van der Waals surface area contributed by atoms with Crippen LogP contribution < -0.4 is 14.8 Å². The van der Waals surface area contributed by atoms with Gasteiger partial charge in [-0.05, 0) is 48.0 Å². The lowest BCUT2D eigenvalue weighted by Crippen LogP contribution is -2.30. The van der Waals surface area contributed by atoms with Crippen molar-refractivity contribution in [2.75, 3.05) is 12.4 Å². The predicted molar refractivity (Wildman–Crippen MR) is 101 cm³/mol. The largest absolute Gasteiger partial charge is 0.495 e. The van der Waals surface area contributed by atoms with Crippen molar-refractivity contribution in [2.24, 2.45) is 0 Å². The van der Waals surface area contributed by atoms with Crippen LogP contribution in [0.15, 0.2) is 60.7 Å². The van der Waals surface area contributed by atoms with Gasteiger partial charge in [0.05, 0.1) is 12.8 Å². The van der Waals surface area contributed by atoms with Crippen LogP contribution in [0.2, 0.25) is 5.02 Å². The maximum Gasteiger partial charge on any atom is 0.265 e. The van der Waals surface area contributed by atoms with E-state index in [4.69, 9.17) is 21.1 Å². The van der Waals surface area contributed by atoms with Crippen molar-refractivity contribution in [1.82, 2.24) is 0 Å². The quantitative estimate of drug-likeness (QED) is 0.707. The third-order valence-electron chi connectivity index (χ3n) is 3.82. The molecule has 3 aromatic rings. The molecule has 0 aliphatic rings. The summed E-state index contributed by atoms with van der Waals surface area (Å²) in [6, 6.07) is 18.8. The maximum atomic E-state index is 12.4. The fraction of sp³-hybridized carbons (Fsp3) is 0.150. The number of carbonyl (C=O) groups excluding carboxylic acids is 1. The molecule has 5 heteroatoms. The number of anilines is 1. The van der Waals surface area contributed by atoms with Crippen molar-refractivity contribution in [2.45, 2.75) is 13.0 Å². The van der Waals surface area contributed by atoms with Crippen LogP contribution in [0.5, 0.6) is 11.5 Å². The Morgan fingerprint density at radius 1 is 1.04 bits per heavy atom. The first-order valence-electron chi connectivity index (χ1n) is 7.86. The molecule has 0 aliphatic carbocycles. The highest BCUT2D eigenvalue weighted by Crippen LogP contribution is 2.28. The van der Waals surface area contributed by atoms with Crippen LogP contribution in [-0.4, -0.2) is 19.1 Å². The van der Waals surface area contributed by atoms with E-state index in [0.29, 0.717) is 22.2 Å². The Balaban J connectivity index is 1.72. The first-order valence-corrected chi connectivity index (χ1v) is 8.24. The molecule has 1 amide bonds. The standard InChI is InChI=1S/C20H18ClNO3/c1-13(20(23)22-18-12-16(21)8-10-19(18)24-2)25-17-9-7-14-5-3-4-6-15(14)11-17/h3-13H,1-2H3,(H,22,23). The zero-order valence-electron chi connectivity index (χ0n) is 14.0. The molecule has 1 unspecified atom stereocenters. The van der Waals surface area contributed by atoms with Crippen LogP contribution in [0.25, 0.3) is 10.8 Å². The highest BCUT2D eigenvalue weighted by Gasteiger charge is 2.17. The van der Waals surface area contributed by atoms with Gasteiger partial charge in [-0.25, -0.2) is 0 Å². The number of amides is 1. The Kier molecular flexibility index (Phi) is 5.10. The molecule has 128 valence electrons. The van der Waals surface area contributed by atoms with Crippen LogP contribution in [0.4, 0.5) is 5.69 Å². The van der Waals surface area contributed by atoms with Crippen molar-refractivity contribution >= 4 is 34.0 Å². The molecule has 1 N–H and O–H groups in total. The second kappa shape index (κ2) is 7.45. The summed E-state index contributed by atoms with van der Waals surface area (Å²) in [5.41, 5.74) is 0.508. The topological polar surface area (TPSA) is 47.6 Å². The van der Waals surface area contributed by atoms with Crippen LogP contribution in [0, 0.1) is 0 Å². The maximum absolute atomic E-state index is 12.4. The molecule has 0 saturated carbocycles. The molecule has 0 saturated heterocycles. The second-order valence-electron chi connectivity index (χ2n) is 5.60. The van der Waals surface area contributed by atoms with Gasteiger partial charge in [0.2, 0.25) is 0 Å². The predicted octanol–water partition coefficient (Wildman–Crippen LogP) is 4.91. The lowest BCUT2D eigenvalue weighted by atomic mass is 10.1. The number of fused-ring (bicyclic) bond motifs is 1. The van der Waals surface area contributed by atoms with Crippen molar-refractivity contribution in [3.8, 4) is 11.5 Å². The van der Waals surface area contributed by atoms with Crippen molar-refractivity contribution in [3.05, 3.63) is 65.7 Å². The Hall–Kier alpha value is -2.72. The van der Waals surface area contributed by atoms with Crippen molar-refractivity contribution in [3.63, 3.8) is 0 Å². The summed E-state index contributed by atoms with van der Waals surface area (Å²) in [6.07, 6.45) is -0.676. The van der Waals surface area contributed by atoms with Gasteiger partial charge in [-0.2, -0.15) is 0 Å². The SMILES string of the molecule is COc1ccc(Cl)cc1NC(=O)C(C)Oc1ccc2ccccc2c1. The van der Waals surface area contributed by atoms with Gasteiger partial charge in [0.25, 0.3) is 5.91 Å². The fourth-order valence-corrected chi connectivity index (χ4v) is 2.68. The molecule has 0 bridgehead atoms. The monoisotopic (exact) mass is 355 g/mol. The second-order valence-corrected chi connectivity index (χ2v) is 6.04. The molecule has 3 rings (SSSR count). The van der Waals surface area contributed by atoms with E-state index >= 15 is 0 Å². The van der Waals surface area contributed by atoms with Gasteiger partial charge in [0.1, 0.15) is 11.5 Å². The normalized spacial score (nSPS) is 11.8. The van der Waals surface area contributed by atoms with Gasteiger partial charge in [-0.1, -0.05) is 41.9 Å². The van der Waals surface area contributed by atoms with Gasteiger partial charge in [0.15, 0.2) is 6.10 Å². The minimum atomic E-state index is -0.676. The van der Waals surface area contributed by atoms with E-state index in [-0.39, 0.29) is 5.91 Å². The van der Waals surface area contributed by atoms with E-state index < -0.39 is 6.10 Å². The van der Waals surface area contributed by atoms with Gasteiger partial charge in [0, 0.05) is 5.02 Å². The highest BCUT2D eigenvalue weighted by atomic mass is 35.5. The van der Waals surface area contributed by atoms with Crippen molar-refractivity contribution in [1.29, 1.82) is 0 Å². The van der Waals surface area contributed by atoms with E-state index in [0.717, 1.165) is 10.8 Å². The molecule has 0 aliphatic heterocycles. The first-order chi connectivity index (χ1) is 12.1. The van der Waals surface area contributed by atoms with Gasteiger partial charge in [-0.15, -0.1) is 0 Å². The van der Waals surface area contributed by atoms with Gasteiger partial charge >= 0.3 is 0 Å². The highest BCUT2D eigenvalue weighted by molar-refractivity contribution is 6.31. The molecule has 0 radical (unpaired) electrons. The molecule has 0 fully saturated rings. The van der Waals surface area contributed by atoms with E-state index in [9.17, 15) is 4.79 Å². The smallest absolute Gasteiger partial charge is 0.265 e. The molecule has 0 spiro atoms. The molecular formula is C20H18ClNO3. The van der Waals surface area contributed by atoms with Crippen LogP contribution >= 0.6 is 11.6 Å². The number of halogens is 1. The van der Waals surface area contributed by atoms with Crippen LogP contribution in [0.3, 0.4) is 0 Å². The lowest BCUT2D eigenvalue weighted by Gasteiger charge is -2.16. The first kappa shape index (κ1) is 17.1. The van der Waals surface area contributed by atoms with E-state index in [1.807, 2.05) is 42.5 Å². The summed E-state index contributed by atoms with van der Waals surface area (Å²) in [5, 5.41) is 5.48. The van der Waals surface area contributed by atoms with Crippen LogP contribution in [-0.2, 0) is 4.79 Å². The number of ether oxygens (including phenoxy) is 2.